The van der Waals surface area contributed by atoms with Crippen LogP contribution in [0, 0.1) is 19.7 Å². The normalized spacial score (nSPS) is 12.0. The highest BCUT2D eigenvalue weighted by atomic mass is 79.9. The summed E-state index contributed by atoms with van der Waals surface area (Å²) in [6.07, 6.45) is -0.646. The Morgan fingerprint density at radius 1 is 1.19 bits per heavy atom. The molecule has 0 fully saturated rings. The van der Waals surface area contributed by atoms with Crippen LogP contribution in [0.4, 0.5) is 4.39 Å². The standard InChI is InChI=1S/C17H16BrFO2/c1-10-4-5-11(2)14(8-10)17(20)12(3)21-16-7-6-13(19)9-15(16)18/h4-9,12H,1-3H3. The van der Waals surface area contributed by atoms with Gasteiger partial charge in [-0.2, -0.15) is 0 Å². The van der Waals surface area contributed by atoms with Gasteiger partial charge in [0.2, 0.25) is 5.78 Å². The van der Waals surface area contributed by atoms with E-state index in [1.165, 1.54) is 18.2 Å². The van der Waals surface area contributed by atoms with E-state index in [0.29, 0.717) is 15.8 Å². The molecule has 0 saturated carbocycles. The van der Waals surface area contributed by atoms with Crippen molar-refractivity contribution in [2.24, 2.45) is 0 Å². The number of carbonyl (C=O) groups is 1. The molecule has 0 bridgehead atoms. The number of hydrogen-bond acceptors (Lipinski definition) is 2. The lowest BCUT2D eigenvalue weighted by molar-refractivity contribution is 0.0816. The number of halogens is 2. The molecule has 0 aliphatic heterocycles. The summed E-state index contributed by atoms with van der Waals surface area (Å²) in [6.45, 7) is 5.53. The Balaban J connectivity index is 2.21. The van der Waals surface area contributed by atoms with Crippen LogP contribution in [0.5, 0.6) is 5.75 Å². The fourth-order valence-corrected chi connectivity index (χ4v) is 2.48. The summed E-state index contributed by atoms with van der Waals surface area (Å²) >= 11 is 3.23. The van der Waals surface area contributed by atoms with E-state index in [-0.39, 0.29) is 11.6 Å². The second kappa shape index (κ2) is 6.39. The first-order valence-corrected chi connectivity index (χ1v) is 7.41. The van der Waals surface area contributed by atoms with Crippen molar-refractivity contribution in [2.75, 3.05) is 0 Å². The molecule has 2 rings (SSSR count). The smallest absolute Gasteiger partial charge is 0.203 e. The molecule has 0 radical (unpaired) electrons. The molecule has 1 unspecified atom stereocenters. The Hall–Kier alpha value is -1.68. The minimum atomic E-state index is -0.646. The average molecular weight is 351 g/mol. The van der Waals surface area contributed by atoms with E-state index in [0.717, 1.165) is 11.1 Å². The van der Waals surface area contributed by atoms with Crippen LogP contribution in [-0.2, 0) is 0 Å². The van der Waals surface area contributed by atoms with Gasteiger partial charge in [0.25, 0.3) is 0 Å². The molecule has 1 atom stereocenters. The highest BCUT2D eigenvalue weighted by Crippen LogP contribution is 2.27. The molecule has 0 aliphatic rings. The summed E-state index contributed by atoms with van der Waals surface area (Å²) in [5.74, 6) is -0.00212. The number of aryl methyl sites for hydroxylation is 2. The van der Waals surface area contributed by atoms with Gasteiger partial charge in [0.05, 0.1) is 4.47 Å². The molecule has 2 aromatic rings. The van der Waals surface area contributed by atoms with Crippen LogP contribution in [0.15, 0.2) is 40.9 Å². The maximum atomic E-state index is 13.1. The van der Waals surface area contributed by atoms with Crippen molar-refractivity contribution < 1.29 is 13.9 Å². The Morgan fingerprint density at radius 2 is 1.90 bits per heavy atom. The van der Waals surface area contributed by atoms with Crippen molar-refractivity contribution in [3.8, 4) is 5.75 Å². The van der Waals surface area contributed by atoms with Crippen molar-refractivity contribution in [3.05, 3.63) is 63.4 Å². The first-order valence-electron chi connectivity index (χ1n) is 6.61. The number of hydrogen-bond donors (Lipinski definition) is 0. The van der Waals surface area contributed by atoms with Gasteiger partial charge in [-0.25, -0.2) is 4.39 Å². The molecular weight excluding hydrogens is 335 g/mol. The monoisotopic (exact) mass is 350 g/mol. The third kappa shape index (κ3) is 3.70. The Morgan fingerprint density at radius 3 is 2.57 bits per heavy atom. The van der Waals surface area contributed by atoms with E-state index in [9.17, 15) is 9.18 Å². The van der Waals surface area contributed by atoms with Gasteiger partial charge in [0.1, 0.15) is 11.6 Å². The van der Waals surface area contributed by atoms with Crippen molar-refractivity contribution in [1.82, 2.24) is 0 Å². The molecule has 4 heteroatoms. The van der Waals surface area contributed by atoms with Gasteiger partial charge in [0, 0.05) is 5.56 Å². The fourth-order valence-electron chi connectivity index (χ4n) is 2.04. The topological polar surface area (TPSA) is 26.3 Å². The van der Waals surface area contributed by atoms with Crippen molar-refractivity contribution in [1.29, 1.82) is 0 Å². The first-order chi connectivity index (χ1) is 9.88. The summed E-state index contributed by atoms with van der Waals surface area (Å²) in [5.41, 5.74) is 2.60. The van der Waals surface area contributed by atoms with E-state index in [4.69, 9.17) is 4.74 Å². The van der Waals surface area contributed by atoms with Crippen molar-refractivity contribution in [2.45, 2.75) is 26.9 Å². The number of Topliss-reactive ketones (excluding diaryl/α,β-unsaturated/α-hetero) is 1. The number of carbonyl (C=O) groups excluding carboxylic acids is 1. The van der Waals surface area contributed by atoms with Gasteiger partial charge in [0.15, 0.2) is 6.10 Å². The minimum Gasteiger partial charge on any atom is -0.481 e. The quantitative estimate of drug-likeness (QED) is 0.736. The van der Waals surface area contributed by atoms with E-state index in [1.54, 1.807) is 6.92 Å². The molecule has 0 aliphatic carbocycles. The molecule has 2 aromatic carbocycles. The van der Waals surface area contributed by atoms with Crippen LogP contribution in [0.2, 0.25) is 0 Å². The minimum absolute atomic E-state index is 0.0903. The molecule has 21 heavy (non-hydrogen) atoms. The lowest BCUT2D eigenvalue weighted by Crippen LogP contribution is -2.24. The Kier molecular flexibility index (Phi) is 4.78. The van der Waals surface area contributed by atoms with Crippen LogP contribution in [0.3, 0.4) is 0 Å². The van der Waals surface area contributed by atoms with Gasteiger partial charge in [-0.3, -0.25) is 4.79 Å². The third-order valence-electron chi connectivity index (χ3n) is 3.23. The third-order valence-corrected chi connectivity index (χ3v) is 3.85. The number of benzene rings is 2. The van der Waals surface area contributed by atoms with Crippen LogP contribution >= 0.6 is 15.9 Å². The molecule has 0 spiro atoms. The zero-order valence-electron chi connectivity index (χ0n) is 12.1. The van der Waals surface area contributed by atoms with Crippen LogP contribution in [0.25, 0.3) is 0 Å². The van der Waals surface area contributed by atoms with E-state index >= 15 is 0 Å². The maximum Gasteiger partial charge on any atom is 0.203 e. The number of ether oxygens (including phenoxy) is 1. The summed E-state index contributed by atoms with van der Waals surface area (Å²) in [7, 11) is 0. The lowest BCUT2D eigenvalue weighted by atomic mass is 9.99. The zero-order valence-corrected chi connectivity index (χ0v) is 13.7. The summed E-state index contributed by atoms with van der Waals surface area (Å²) in [5, 5.41) is 0. The number of rotatable bonds is 4. The molecule has 2 nitrogen and oxygen atoms in total. The highest BCUT2D eigenvalue weighted by Gasteiger charge is 2.20. The molecule has 0 N–H and O–H groups in total. The molecule has 0 aromatic heterocycles. The second-order valence-electron chi connectivity index (χ2n) is 5.02. The predicted molar refractivity (Wildman–Crippen MR) is 84.4 cm³/mol. The zero-order chi connectivity index (χ0) is 15.6. The molecule has 110 valence electrons. The van der Waals surface area contributed by atoms with Gasteiger partial charge in [-0.1, -0.05) is 17.7 Å². The highest BCUT2D eigenvalue weighted by molar-refractivity contribution is 9.10. The van der Waals surface area contributed by atoms with Crippen LogP contribution in [0.1, 0.15) is 28.4 Å². The van der Waals surface area contributed by atoms with Gasteiger partial charge in [-0.15, -0.1) is 0 Å². The van der Waals surface area contributed by atoms with Gasteiger partial charge in [-0.05, 0) is 66.5 Å². The van der Waals surface area contributed by atoms with E-state index < -0.39 is 6.10 Å². The Labute approximate surface area is 132 Å². The van der Waals surface area contributed by atoms with Crippen LogP contribution in [-0.4, -0.2) is 11.9 Å². The summed E-state index contributed by atoms with van der Waals surface area (Å²) < 4.78 is 19.2. The fraction of sp³-hybridized carbons (Fsp3) is 0.235. The Bertz CT molecular complexity index is 682. The first kappa shape index (κ1) is 15.7. The van der Waals surface area contributed by atoms with Crippen LogP contribution < -0.4 is 4.74 Å². The largest absolute Gasteiger partial charge is 0.481 e. The maximum absolute atomic E-state index is 13.1. The molecule has 0 saturated heterocycles. The van der Waals surface area contributed by atoms with Gasteiger partial charge < -0.3 is 4.74 Å². The number of ketones is 1. The second-order valence-corrected chi connectivity index (χ2v) is 5.87. The SMILES string of the molecule is Cc1ccc(C)c(C(=O)C(C)Oc2ccc(F)cc2Br)c1. The molecule has 0 amide bonds. The molecule has 0 heterocycles. The van der Waals surface area contributed by atoms with E-state index in [1.807, 2.05) is 32.0 Å². The average Bonchev–Trinajstić information content (AvgIpc) is 2.43. The van der Waals surface area contributed by atoms with Gasteiger partial charge >= 0.3 is 0 Å². The van der Waals surface area contributed by atoms with Crippen molar-refractivity contribution in [3.63, 3.8) is 0 Å². The predicted octanol–water partition coefficient (Wildman–Crippen LogP) is 4.86. The van der Waals surface area contributed by atoms with E-state index in [2.05, 4.69) is 15.9 Å². The summed E-state index contributed by atoms with van der Waals surface area (Å²) in [4.78, 5) is 12.5. The summed E-state index contributed by atoms with van der Waals surface area (Å²) in [6, 6.07) is 9.86. The lowest BCUT2D eigenvalue weighted by Gasteiger charge is -2.16. The molecular formula is C17H16BrFO2. The van der Waals surface area contributed by atoms with Crippen molar-refractivity contribution >= 4 is 21.7 Å².